The van der Waals surface area contributed by atoms with E-state index in [-0.39, 0.29) is 5.54 Å². The Morgan fingerprint density at radius 1 is 1.22 bits per heavy atom. The Morgan fingerprint density at radius 3 is 2.59 bits per heavy atom. The first-order valence-electron chi connectivity index (χ1n) is 9.57. The molecule has 1 heterocycles. The molecular weight excluding hydrogens is 344 g/mol. The number of hydrogen-bond acceptors (Lipinski definition) is 5. The Hall–Kier alpha value is -1.99. The monoisotopic (exact) mass is 378 g/mol. The summed E-state index contributed by atoms with van der Waals surface area (Å²) in [6.07, 6.45) is 0. The van der Waals surface area contributed by atoms with Gasteiger partial charge in [-0.25, -0.2) is 0 Å². The number of rotatable bonds is 8. The van der Waals surface area contributed by atoms with Gasteiger partial charge in [0.25, 0.3) is 0 Å². The quantitative estimate of drug-likeness (QED) is 0.532. The minimum Gasteiger partial charge on any atom is -0.493 e. The van der Waals surface area contributed by atoms with E-state index in [0.717, 1.165) is 55.9 Å². The van der Waals surface area contributed by atoms with E-state index in [1.165, 1.54) is 0 Å². The van der Waals surface area contributed by atoms with E-state index < -0.39 is 0 Å². The van der Waals surface area contributed by atoms with Gasteiger partial charge < -0.3 is 24.8 Å². The molecule has 1 aliphatic heterocycles. The standard InChI is InChI=1S/C20H34N4O3/c1-6-27-18-13-16(7-8-17(18)25-5)14-22-19(21-4)23-15-20(2,3)24-9-11-26-12-10-24/h7-8,13H,6,9-12,14-15H2,1-5H3,(H2,21,22,23). The van der Waals surface area contributed by atoms with Crippen LogP contribution in [0.15, 0.2) is 23.2 Å². The summed E-state index contributed by atoms with van der Waals surface area (Å²) in [5, 5.41) is 6.81. The Kier molecular flexibility index (Phi) is 8.19. The van der Waals surface area contributed by atoms with Crippen molar-refractivity contribution in [2.24, 2.45) is 4.99 Å². The minimum absolute atomic E-state index is 0.0314. The van der Waals surface area contributed by atoms with Crippen LogP contribution in [0.2, 0.25) is 0 Å². The zero-order valence-electron chi connectivity index (χ0n) is 17.3. The van der Waals surface area contributed by atoms with Crippen molar-refractivity contribution in [1.29, 1.82) is 0 Å². The van der Waals surface area contributed by atoms with Crippen molar-refractivity contribution in [1.82, 2.24) is 15.5 Å². The lowest BCUT2D eigenvalue weighted by Crippen LogP contribution is -2.56. The molecule has 1 aromatic rings. The highest BCUT2D eigenvalue weighted by molar-refractivity contribution is 5.79. The van der Waals surface area contributed by atoms with E-state index in [2.05, 4.69) is 34.4 Å². The summed E-state index contributed by atoms with van der Waals surface area (Å²) < 4.78 is 16.4. The molecule has 0 saturated carbocycles. The lowest BCUT2D eigenvalue weighted by atomic mass is 10.0. The van der Waals surface area contributed by atoms with Gasteiger partial charge in [-0.1, -0.05) is 6.07 Å². The smallest absolute Gasteiger partial charge is 0.191 e. The van der Waals surface area contributed by atoms with Crippen molar-refractivity contribution in [3.63, 3.8) is 0 Å². The highest BCUT2D eigenvalue weighted by Gasteiger charge is 2.28. The molecule has 0 unspecified atom stereocenters. The normalized spacial score (nSPS) is 16.1. The molecular formula is C20H34N4O3. The third-order valence-electron chi connectivity index (χ3n) is 4.77. The Morgan fingerprint density at radius 2 is 1.96 bits per heavy atom. The van der Waals surface area contributed by atoms with Crippen LogP contribution in [0, 0.1) is 0 Å². The van der Waals surface area contributed by atoms with Crippen LogP contribution in [0.1, 0.15) is 26.3 Å². The van der Waals surface area contributed by atoms with Gasteiger partial charge in [-0.05, 0) is 38.5 Å². The van der Waals surface area contributed by atoms with Crippen LogP contribution in [0.5, 0.6) is 11.5 Å². The topological polar surface area (TPSA) is 67.4 Å². The maximum atomic E-state index is 5.65. The predicted octanol–water partition coefficient (Wildman–Crippen LogP) is 1.87. The molecule has 0 amide bonds. The molecule has 0 aliphatic carbocycles. The number of nitrogens with one attached hydrogen (secondary N) is 2. The Bertz CT molecular complexity index is 613. The van der Waals surface area contributed by atoms with Crippen LogP contribution in [-0.4, -0.2) is 70.0 Å². The number of morpholine rings is 1. The SMILES string of the molecule is CCOc1cc(CNC(=NC)NCC(C)(C)N2CCOCC2)ccc1OC. The molecule has 0 aromatic heterocycles. The number of benzene rings is 1. The van der Waals surface area contributed by atoms with Crippen molar-refractivity contribution in [2.45, 2.75) is 32.9 Å². The number of methoxy groups -OCH3 is 1. The van der Waals surface area contributed by atoms with Gasteiger partial charge in [-0.15, -0.1) is 0 Å². The lowest BCUT2D eigenvalue weighted by molar-refractivity contribution is -0.00834. The van der Waals surface area contributed by atoms with Gasteiger partial charge >= 0.3 is 0 Å². The van der Waals surface area contributed by atoms with Gasteiger partial charge in [-0.2, -0.15) is 0 Å². The molecule has 1 aromatic carbocycles. The van der Waals surface area contributed by atoms with Gasteiger partial charge in [0.1, 0.15) is 0 Å². The number of aliphatic imine (C=N–C) groups is 1. The van der Waals surface area contributed by atoms with Crippen LogP contribution >= 0.6 is 0 Å². The number of nitrogens with zero attached hydrogens (tertiary/aromatic N) is 2. The predicted molar refractivity (Wildman–Crippen MR) is 109 cm³/mol. The van der Waals surface area contributed by atoms with Crippen molar-refractivity contribution in [2.75, 3.05) is 53.6 Å². The Labute approximate surface area is 163 Å². The minimum atomic E-state index is 0.0314. The summed E-state index contributed by atoms with van der Waals surface area (Å²) in [6.45, 7) is 12.1. The summed E-state index contributed by atoms with van der Waals surface area (Å²) in [4.78, 5) is 6.79. The zero-order chi connectivity index (χ0) is 19.7. The molecule has 7 heteroatoms. The molecule has 2 N–H and O–H groups in total. The third-order valence-corrected chi connectivity index (χ3v) is 4.77. The summed E-state index contributed by atoms with van der Waals surface area (Å²) in [6, 6.07) is 5.96. The third kappa shape index (κ3) is 6.29. The first kappa shape index (κ1) is 21.3. The molecule has 1 saturated heterocycles. The molecule has 0 radical (unpaired) electrons. The van der Waals surface area contributed by atoms with E-state index >= 15 is 0 Å². The van der Waals surface area contributed by atoms with Crippen LogP contribution < -0.4 is 20.1 Å². The van der Waals surface area contributed by atoms with Gasteiger partial charge in [-0.3, -0.25) is 9.89 Å². The maximum Gasteiger partial charge on any atom is 0.191 e. The van der Waals surface area contributed by atoms with Crippen molar-refractivity contribution >= 4 is 5.96 Å². The van der Waals surface area contributed by atoms with Gasteiger partial charge in [0.2, 0.25) is 0 Å². The first-order valence-corrected chi connectivity index (χ1v) is 9.57. The first-order chi connectivity index (χ1) is 13.0. The molecule has 0 bridgehead atoms. The highest BCUT2D eigenvalue weighted by Crippen LogP contribution is 2.28. The number of hydrogen-bond donors (Lipinski definition) is 2. The number of ether oxygens (including phenoxy) is 3. The molecule has 0 spiro atoms. The van der Waals surface area contributed by atoms with E-state index in [1.54, 1.807) is 14.2 Å². The van der Waals surface area contributed by atoms with E-state index in [4.69, 9.17) is 14.2 Å². The lowest BCUT2D eigenvalue weighted by Gasteiger charge is -2.41. The number of guanidine groups is 1. The molecule has 0 atom stereocenters. The Balaban J connectivity index is 1.89. The fourth-order valence-corrected chi connectivity index (χ4v) is 3.09. The summed E-state index contributed by atoms with van der Waals surface area (Å²) in [5.41, 5.74) is 1.14. The summed E-state index contributed by atoms with van der Waals surface area (Å²) >= 11 is 0. The maximum absolute atomic E-state index is 5.65. The van der Waals surface area contributed by atoms with E-state index in [1.807, 2.05) is 25.1 Å². The average molecular weight is 379 g/mol. The van der Waals surface area contributed by atoms with Crippen molar-refractivity contribution < 1.29 is 14.2 Å². The second kappa shape index (κ2) is 10.4. The highest BCUT2D eigenvalue weighted by atomic mass is 16.5. The van der Waals surface area contributed by atoms with Crippen LogP contribution in [0.4, 0.5) is 0 Å². The van der Waals surface area contributed by atoms with Gasteiger partial charge in [0.15, 0.2) is 17.5 Å². The van der Waals surface area contributed by atoms with Crippen molar-refractivity contribution in [3.8, 4) is 11.5 Å². The molecule has 7 nitrogen and oxygen atoms in total. The van der Waals surface area contributed by atoms with Gasteiger partial charge in [0.05, 0.1) is 26.9 Å². The van der Waals surface area contributed by atoms with Crippen molar-refractivity contribution in [3.05, 3.63) is 23.8 Å². The van der Waals surface area contributed by atoms with Gasteiger partial charge in [0, 0.05) is 38.8 Å². The van der Waals surface area contributed by atoms with Crippen LogP contribution in [0.25, 0.3) is 0 Å². The second-order valence-electron chi connectivity index (χ2n) is 7.11. The average Bonchev–Trinajstić information content (AvgIpc) is 2.69. The fourth-order valence-electron chi connectivity index (χ4n) is 3.09. The summed E-state index contributed by atoms with van der Waals surface area (Å²) in [7, 11) is 3.44. The largest absolute Gasteiger partial charge is 0.493 e. The summed E-state index contributed by atoms with van der Waals surface area (Å²) in [5.74, 6) is 2.29. The molecule has 152 valence electrons. The van der Waals surface area contributed by atoms with E-state index in [9.17, 15) is 0 Å². The molecule has 27 heavy (non-hydrogen) atoms. The zero-order valence-corrected chi connectivity index (χ0v) is 17.3. The molecule has 1 fully saturated rings. The molecule has 1 aliphatic rings. The fraction of sp³-hybridized carbons (Fsp3) is 0.650. The van der Waals surface area contributed by atoms with Crippen LogP contribution in [0.3, 0.4) is 0 Å². The van der Waals surface area contributed by atoms with E-state index in [0.29, 0.717) is 13.2 Å². The van der Waals surface area contributed by atoms with Crippen LogP contribution in [-0.2, 0) is 11.3 Å². The molecule has 2 rings (SSSR count). The second-order valence-corrected chi connectivity index (χ2v) is 7.11.